The molecule has 0 saturated heterocycles. The number of hydrogen-bond acceptors (Lipinski definition) is 7. The molecule has 62 heteroatoms. The van der Waals surface area contributed by atoms with Gasteiger partial charge in [0.05, 0.1) is 42.0 Å². The molecule has 9 aromatic rings. The van der Waals surface area contributed by atoms with Crippen LogP contribution in [0.1, 0.15) is 20.8 Å². The van der Waals surface area contributed by atoms with E-state index >= 15 is 0 Å². The maximum absolute atomic E-state index is 8.55. The smallest absolute Gasteiger partial charge is 1.00 e. The summed E-state index contributed by atoms with van der Waals surface area (Å²) in [5.74, 6) is 0. The first kappa shape index (κ1) is 334. The van der Waals surface area contributed by atoms with Crippen molar-refractivity contribution in [2.45, 2.75) is 20.8 Å². The number of phosphoric acid groups is 1. The average Bonchev–Trinajstić information content (AvgIpc) is 3.40. The molecule has 746 valence electrons. The van der Waals surface area contributed by atoms with Crippen LogP contribution in [-0.2, 0) is 522 Å². The molecule has 9 aromatic carbocycles. The van der Waals surface area contributed by atoms with E-state index in [9.17, 15) is 0 Å². The first-order valence-electron chi connectivity index (χ1n) is 22.3. The Morgan fingerprint density at radius 3 is 0.262 bits per heavy atom. The molecule has 0 aliphatic carbocycles. The Bertz CT molecular complexity index is 2480. The van der Waals surface area contributed by atoms with Gasteiger partial charge in [0.2, 0.25) is 0 Å². The zero-order valence-electron chi connectivity index (χ0n) is 60.4. The van der Waals surface area contributed by atoms with Crippen molar-refractivity contribution >= 4 is 79.3 Å². The van der Waals surface area contributed by atoms with E-state index in [2.05, 4.69) is 273 Å². The van der Waals surface area contributed by atoms with Gasteiger partial charge < -0.3 is 216 Å². The molecule has 0 saturated carbocycles. The van der Waals surface area contributed by atoms with Crippen LogP contribution < -0.4 is 62.4 Å². The molecular formula is C60H57Au3Mo12N3O40P4-69. The number of rotatable bonds is 9. The topological polar surface area (TPSA) is 1180 Å². The summed E-state index contributed by atoms with van der Waals surface area (Å²) in [6.45, 7) is 4.29. The molecule has 0 unspecified atom stereocenters. The summed E-state index contributed by atoms with van der Waals surface area (Å²) in [7, 11) is -8.02. The third-order valence-electron chi connectivity index (χ3n) is 9.56. The number of hydrogen-bond donors (Lipinski definition) is 0. The van der Waals surface area contributed by atoms with Gasteiger partial charge in [0.25, 0.3) is 0 Å². The van der Waals surface area contributed by atoms with Crippen molar-refractivity contribution in [2.24, 2.45) is 0 Å². The first-order chi connectivity index (χ1) is 34.6. The fraction of sp³-hybridized carbons (Fsp3) is 0.0500. The van der Waals surface area contributed by atoms with E-state index in [4.69, 9.17) is 35.0 Å². The monoisotopic (exact) mass is 3350 g/mol. The normalized spacial score (nSPS) is 5.62. The summed E-state index contributed by atoms with van der Waals surface area (Å²) in [6.07, 6.45) is 0. The summed E-state index contributed by atoms with van der Waals surface area (Å²) >= 11 is 0. The minimum Gasteiger partial charge on any atom is -2.00 e. The van der Waals surface area contributed by atoms with Crippen molar-refractivity contribution in [2.75, 3.05) is 0 Å². The van der Waals surface area contributed by atoms with Crippen LogP contribution in [0, 0.1) is 34.0 Å². The van der Waals surface area contributed by atoms with E-state index < -0.39 is 31.6 Å². The van der Waals surface area contributed by atoms with Crippen LogP contribution in [0.4, 0.5) is 0 Å². The minimum atomic E-state index is -5.39. The van der Waals surface area contributed by atoms with Gasteiger partial charge in [-0.15, -0.1) is 0 Å². The molecule has 43 nitrogen and oxygen atoms in total. The van der Waals surface area contributed by atoms with E-state index in [1.54, 1.807) is 18.2 Å². The fourth-order valence-corrected chi connectivity index (χ4v) is 14.7. The number of nitriles is 3. The summed E-state index contributed by atoms with van der Waals surface area (Å²) in [6, 6.07) is 103. The van der Waals surface area contributed by atoms with Crippen LogP contribution >= 0.6 is 31.6 Å². The Balaban J connectivity index is -0.0000000108. The molecule has 0 radical (unpaired) electrons. The Labute approximate surface area is 931 Å². The van der Waals surface area contributed by atoms with E-state index in [0.29, 0.717) is 0 Å². The SMILES string of the molecule is CC#N.CC#N.CC#N.O=P([O-])([O-])[O-].[Au+].[Au+].[Au+].[Mo].[Mo].[Mo].[Mo].[Mo].[Mo].[Mo].[Mo].[Mo].[Mo].[Mo].[Mo].[O-2].[O-2].[O-2].[O-2].[O-2].[O-2].[O-2].[O-2].[O-2].[O-2].[O-2].[O-2].[O-2].[O-2].[O-2].[O-2].[O-2].[O-2].[O-2].[O-2].[O-2].[O-2].[O-2].[O-2].[O-2].[O-2].[O-2].[O-2].[O-2].[O-2].[O-2].[O-2].[O-2].[O-2].[O-2].[O-2].c1ccc([PH+](c2ccccc2)c2ccccc2)cc1.c1ccc([PH+](c2ccccc2)c2ccccc2)cc1.c1ccc([PH+](c2ccccc2)c2ccccc2)cc1. The second-order valence-corrected chi connectivity index (χ2v) is 22.9. The van der Waals surface area contributed by atoms with Gasteiger partial charge in [0.15, 0.2) is 0 Å². The van der Waals surface area contributed by atoms with E-state index in [1.807, 2.05) is 0 Å². The number of nitrogens with zero attached hydrogens (tertiary/aromatic N) is 3. The van der Waals surface area contributed by atoms with Crippen LogP contribution in [0.2, 0.25) is 0 Å². The third-order valence-corrected chi connectivity index (χ3v) is 17.8. The molecule has 0 bridgehead atoms. The van der Waals surface area contributed by atoms with Gasteiger partial charge in [0.1, 0.15) is 47.7 Å². The zero-order valence-corrected chi connectivity index (χ0v) is 94.9. The molecule has 0 fully saturated rings. The first-order valence-corrected chi connectivity index (χ1v) is 28.3. The Morgan fingerprint density at radius 2 is 0.221 bits per heavy atom. The van der Waals surface area contributed by atoms with Crippen LogP contribution in [0.25, 0.3) is 0 Å². The Hall–Kier alpha value is 1.89. The summed E-state index contributed by atoms with van der Waals surface area (Å²) in [5.41, 5.74) is 0. The molecule has 122 heavy (non-hydrogen) atoms. The Morgan fingerprint density at radius 1 is 0.180 bits per heavy atom. The maximum atomic E-state index is 8.55. The number of benzene rings is 9. The predicted molar refractivity (Wildman–Crippen MR) is 326 cm³/mol. The summed E-state index contributed by atoms with van der Waals surface area (Å²) in [4.78, 5) is 25.6. The van der Waals surface area contributed by atoms with E-state index in [0.717, 1.165) is 0 Å². The Kier molecular flexibility index (Phi) is 591. The van der Waals surface area contributed by atoms with Crippen LogP contribution in [0.5, 0.6) is 0 Å². The quantitative estimate of drug-likeness (QED) is 0.151. The molecule has 9 rings (SSSR count). The van der Waals surface area contributed by atoms with Gasteiger partial charge in [0, 0.05) is 274 Å². The van der Waals surface area contributed by atoms with Gasteiger partial charge in [-0.25, -0.2) is 0 Å². The van der Waals surface area contributed by atoms with Gasteiger partial charge in [-0.05, 0) is 109 Å². The van der Waals surface area contributed by atoms with Crippen LogP contribution in [0.3, 0.4) is 0 Å². The second kappa shape index (κ2) is 216. The molecule has 0 aliphatic rings. The molecule has 0 spiro atoms. The minimum absolute atomic E-state index is 0. The van der Waals surface area contributed by atoms with Crippen molar-refractivity contribution in [3.63, 3.8) is 0 Å². The van der Waals surface area contributed by atoms with Crippen LogP contribution in [0.15, 0.2) is 273 Å². The maximum Gasteiger partial charge on any atom is 1.00 e. The van der Waals surface area contributed by atoms with Gasteiger partial charge >= 0.3 is 67.1 Å². The average molecular weight is 3330 g/mol. The van der Waals surface area contributed by atoms with Gasteiger partial charge in [-0.1, -0.05) is 164 Å². The molecule has 0 heterocycles. The largest absolute Gasteiger partial charge is 2.00 e. The predicted octanol–water partition coefficient (Wildman–Crippen LogP) is 3.98. The van der Waals surface area contributed by atoms with E-state index in [-0.39, 0.29) is 517 Å². The molecule has 0 aromatic heterocycles. The van der Waals surface area contributed by atoms with Crippen molar-refractivity contribution in [1.82, 2.24) is 0 Å². The molecule has 0 aliphatic heterocycles. The molecule has 0 N–H and O–H groups in total. The van der Waals surface area contributed by atoms with Crippen molar-refractivity contribution in [3.8, 4) is 18.2 Å². The van der Waals surface area contributed by atoms with Gasteiger partial charge in [-0.3, -0.25) is 0 Å². The van der Waals surface area contributed by atoms with Crippen molar-refractivity contribution in [3.05, 3.63) is 273 Å². The standard InChI is InChI=1S/3C18H15P.3C2H3N.3Au.12Mo.H3O4P.36O/c3*1-4-10-16(11-5-1)19(17-12-6-2-7-13-17)18-14-8-3-9-15-18;3*1-2-3;;;;;;;;;;;;;;;;1-5(2,3)4;;;;;;;;;;;;;;;;;;;;;;;;;;;;;;;;;;;;/h3*1-15H;3*1H3;;;;;;;;;;;;;;;;(H3,1,2,3,4);;;;;;;;;;;;;;;;;;;;;;;;;;;;;;;;;;;;/q;;;;;;3*+1;;;;;;;;;;;;;;36*-2. The molecule has 0 amide bonds. The van der Waals surface area contributed by atoms with E-state index in [1.165, 1.54) is 68.5 Å². The summed E-state index contributed by atoms with van der Waals surface area (Å²) in [5, 5.41) is 34.9. The van der Waals surface area contributed by atoms with Crippen molar-refractivity contribution in [1.29, 1.82) is 15.8 Å². The second-order valence-electron chi connectivity index (χ2n) is 14.5. The zero-order chi connectivity index (χ0) is 51.4. The van der Waals surface area contributed by atoms with Crippen LogP contribution in [-0.4, -0.2) is 0 Å². The third kappa shape index (κ3) is 148. The molecule has 0 atom stereocenters. The summed E-state index contributed by atoms with van der Waals surface area (Å²) < 4.78 is 8.55. The van der Waals surface area contributed by atoms with Gasteiger partial charge in [-0.2, -0.15) is 23.6 Å². The molecular weight excluding hydrogens is 3270 g/mol. The fourth-order valence-electron chi connectivity index (χ4n) is 6.94. The van der Waals surface area contributed by atoms with Crippen molar-refractivity contribution < 1.29 is 536 Å².